The fourth-order valence-electron chi connectivity index (χ4n) is 1.52. The second kappa shape index (κ2) is 5.55. The van der Waals surface area contributed by atoms with E-state index in [1.807, 2.05) is 0 Å². The minimum absolute atomic E-state index is 0. The Kier molecular flexibility index (Phi) is 4.59. The minimum Gasteiger partial charge on any atom is -0.399 e. The molecule has 2 rings (SSSR count). The van der Waals surface area contributed by atoms with Gasteiger partial charge in [-0.1, -0.05) is 12.1 Å². The number of anilines is 2. The van der Waals surface area contributed by atoms with Gasteiger partial charge < -0.3 is 11.5 Å². The summed E-state index contributed by atoms with van der Waals surface area (Å²) in [5.41, 5.74) is 13.6. The second-order valence-electron chi connectivity index (χ2n) is 3.48. The average Bonchev–Trinajstić information content (AvgIpc) is 2.19. The van der Waals surface area contributed by atoms with E-state index in [-0.39, 0.29) is 18.2 Å². The van der Waals surface area contributed by atoms with Crippen molar-refractivity contribution in [2.24, 2.45) is 0 Å². The van der Waals surface area contributed by atoms with Gasteiger partial charge in [-0.2, -0.15) is 0 Å². The number of hydrogen-bond acceptors (Lipinski definition) is 2. The zero-order valence-corrected chi connectivity index (χ0v) is 11.8. The SMILES string of the molecule is Cl.Nc1ccc(-c2c(F)cc(N)cc2I)cc1. The molecule has 2 aromatic carbocycles. The standard InChI is InChI=1S/C12H10FIN2.ClH/c13-10-5-9(16)6-11(14)12(10)7-1-3-8(15)4-2-7;/h1-6H,15-16H2;1H. The van der Waals surface area contributed by atoms with Gasteiger partial charge in [-0.15, -0.1) is 12.4 Å². The third-order valence-electron chi connectivity index (χ3n) is 2.26. The van der Waals surface area contributed by atoms with Crippen LogP contribution in [0, 0.1) is 9.39 Å². The Bertz CT molecular complexity index is 506. The first kappa shape index (κ1) is 14.1. The van der Waals surface area contributed by atoms with Gasteiger partial charge in [0.2, 0.25) is 0 Å². The molecule has 0 fully saturated rings. The van der Waals surface area contributed by atoms with Crippen molar-refractivity contribution >= 4 is 46.4 Å². The molecule has 2 aromatic rings. The van der Waals surface area contributed by atoms with Crippen LogP contribution in [0.5, 0.6) is 0 Å². The minimum atomic E-state index is -0.311. The molecule has 0 atom stereocenters. The molecule has 0 amide bonds. The quantitative estimate of drug-likeness (QED) is 0.599. The van der Waals surface area contributed by atoms with Crippen molar-refractivity contribution < 1.29 is 4.39 Å². The van der Waals surface area contributed by atoms with Crippen molar-refractivity contribution in [2.45, 2.75) is 0 Å². The van der Waals surface area contributed by atoms with E-state index in [0.29, 0.717) is 16.9 Å². The monoisotopic (exact) mass is 364 g/mol. The summed E-state index contributed by atoms with van der Waals surface area (Å²) >= 11 is 2.07. The molecule has 0 saturated heterocycles. The largest absolute Gasteiger partial charge is 0.399 e. The van der Waals surface area contributed by atoms with Crippen molar-refractivity contribution in [1.82, 2.24) is 0 Å². The first-order valence-electron chi connectivity index (χ1n) is 4.68. The van der Waals surface area contributed by atoms with Gasteiger partial charge in [0.15, 0.2) is 0 Å². The van der Waals surface area contributed by atoms with E-state index < -0.39 is 0 Å². The van der Waals surface area contributed by atoms with Crippen LogP contribution < -0.4 is 11.5 Å². The molecule has 0 radical (unpaired) electrons. The van der Waals surface area contributed by atoms with E-state index >= 15 is 0 Å². The maximum absolute atomic E-state index is 13.8. The van der Waals surface area contributed by atoms with Gasteiger partial charge in [0.25, 0.3) is 0 Å². The number of nitrogen functional groups attached to an aromatic ring is 2. The summed E-state index contributed by atoms with van der Waals surface area (Å²) in [6, 6.07) is 10.2. The van der Waals surface area contributed by atoms with E-state index in [1.54, 1.807) is 30.3 Å². The number of halogens is 3. The van der Waals surface area contributed by atoms with Crippen LogP contribution in [0.4, 0.5) is 15.8 Å². The zero-order chi connectivity index (χ0) is 11.7. The lowest BCUT2D eigenvalue weighted by molar-refractivity contribution is 0.631. The third kappa shape index (κ3) is 3.01. The van der Waals surface area contributed by atoms with Gasteiger partial charge in [0.05, 0.1) is 0 Å². The maximum atomic E-state index is 13.8. The molecular weight excluding hydrogens is 354 g/mol. The van der Waals surface area contributed by atoms with E-state index in [9.17, 15) is 4.39 Å². The van der Waals surface area contributed by atoms with Crippen LogP contribution >= 0.6 is 35.0 Å². The predicted molar refractivity (Wildman–Crippen MR) is 80.6 cm³/mol. The number of hydrogen-bond donors (Lipinski definition) is 2. The molecule has 0 saturated carbocycles. The molecule has 0 unspecified atom stereocenters. The highest BCUT2D eigenvalue weighted by molar-refractivity contribution is 14.1. The molecule has 0 aliphatic heterocycles. The van der Waals surface area contributed by atoms with Crippen LogP contribution in [0.2, 0.25) is 0 Å². The molecule has 0 aromatic heterocycles. The van der Waals surface area contributed by atoms with Crippen LogP contribution in [0.15, 0.2) is 36.4 Å². The molecule has 4 N–H and O–H groups in total. The molecule has 0 spiro atoms. The van der Waals surface area contributed by atoms with Gasteiger partial charge in [0, 0.05) is 20.5 Å². The molecule has 0 aliphatic carbocycles. The smallest absolute Gasteiger partial charge is 0.134 e. The maximum Gasteiger partial charge on any atom is 0.134 e. The Balaban J connectivity index is 0.00000144. The predicted octanol–water partition coefficient (Wildman–Crippen LogP) is 3.68. The van der Waals surface area contributed by atoms with E-state index in [4.69, 9.17) is 11.5 Å². The van der Waals surface area contributed by atoms with Crippen molar-refractivity contribution in [1.29, 1.82) is 0 Å². The molecular formula is C12H11ClFIN2. The van der Waals surface area contributed by atoms with Crippen molar-refractivity contribution in [2.75, 3.05) is 11.5 Å². The summed E-state index contributed by atoms with van der Waals surface area (Å²) in [6.45, 7) is 0. The van der Waals surface area contributed by atoms with Gasteiger partial charge in [0.1, 0.15) is 5.82 Å². The summed E-state index contributed by atoms with van der Waals surface area (Å²) in [4.78, 5) is 0. The number of nitrogens with two attached hydrogens (primary N) is 2. The van der Waals surface area contributed by atoms with Gasteiger partial charge in [-0.05, 0) is 52.4 Å². The van der Waals surface area contributed by atoms with Gasteiger partial charge in [-0.3, -0.25) is 0 Å². The summed E-state index contributed by atoms with van der Waals surface area (Å²) < 4.78 is 14.6. The highest BCUT2D eigenvalue weighted by Crippen LogP contribution is 2.30. The highest BCUT2D eigenvalue weighted by Gasteiger charge is 2.10. The number of benzene rings is 2. The molecule has 0 aliphatic rings. The van der Waals surface area contributed by atoms with Crippen molar-refractivity contribution in [3.63, 3.8) is 0 Å². The third-order valence-corrected chi connectivity index (χ3v) is 3.11. The summed E-state index contributed by atoms with van der Waals surface area (Å²) in [5.74, 6) is -0.311. The molecule has 2 nitrogen and oxygen atoms in total. The van der Waals surface area contributed by atoms with Crippen LogP contribution in [-0.4, -0.2) is 0 Å². The normalized spacial score (nSPS) is 9.76. The molecule has 90 valence electrons. The number of rotatable bonds is 1. The average molecular weight is 365 g/mol. The Morgan fingerprint density at radius 2 is 1.53 bits per heavy atom. The van der Waals surface area contributed by atoms with Gasteiger partial charge in [-0.25, -0.2) is 4.39 Å². The van der Waals surface area contributed by atoms with Crippen LogP contribution in [0.1, 0.15) is 0 Å². The summed E-state index contributed by atoms with van der Waals surface area (Å²) in [6.07, 6.45) is 0. The van der Waals surface area contributed by atoms with Crippen LogP contribution in [0.25, 0.3) is 11.1 Å². The van der Waals surface area contributed by atoms with E-state index in [2.05, 4.69) is 22.6 Å². The molecule has 0 bridgehead atoms. The van der Waals surface area contributed by atoms with Gasteiger partial charge >= 0.3 is 0 Å². The second-order valence-corrected chi connectivity index (χ2v) is 4.64. The van der Waals surface area contributed by atoms with Crippen LogP contribution in [0.3, 0.4) is 0 Å². The first-order valence-corrected chi connectivity index (χ1v) is 5.76. The Hall–Kier alpha value is -1.01. The summed E-state index contributed by atoms with van der Waals surface area (Å²) in [5, 5.41) is 0. The molecule has 0 heterocycles. The van der Waals surface area contributed by atoms with Crippen LogP contribution in [-0.2, 0) is 0 Å². The van der Waals surface area contributed by atoms with Crippen molar-refractivity contribution in [3.8, 4) is 11.1 Å². The lowest BCUT2D eigenvalue weighted by atomic mass is 10.0. The van der Waals surface area contributed by atoms with E-state index in [0.717, 1.165) is 9.13 Å². The summed E-state index contributed by atoms with van der Waals surface area (Å²) in [7, 11) is 0. The fourth-order valence-corrected chi connectivity index (χ4v) is 2.45. The fraction of sp³-hybridized carbons (Fsp3) is 0. The lowest BCUT2D eigenvalue weighted by Crippen LogP contribution is -1.94. The first-order chi connectivity index (χ1) is 7.58. The zero-order valence-electron chi connectivity index (χ0n) is 8.78. The lowest BCUT2D eigenvalue weighted by Gasteiger charge is -2.08. The van der Waals surface area contributed by atoms with Crippen molar-refractivity contribution in [3.05, 3.63) is 45.8 Å². The Morgan fingerprint density at radius 1 is 0.941 bits per heavy atom. The highest BCUT2D eigenvalue weighted by atomic mass is 127. The molecule has 17 heavy (non-hydrogen) atoms. The van der Waals surface area contributed by atoms with E-state index in [1.165, 1.54) is 6.07 Å². The topological polar surface area (TPSA) is 52.0 Å². The Labute approximate surface area is 119 Å². The Morgan fingerprint density at radius 3 is 2.06 bits per heavy atom. The molecule has 5 heteroatoms.